The van der Waals surface area contributed by atoms with Crippen molar-refractivity contribution >= 4 is 11.0 Å². The molecule has 1 unspecified atom stereocenters. The Morgan fingerprint density at radius 1 is 1.12 bits per heavy atom. The molecule has 0 amide bonds. The van der Waals surface area contributed by atoms with E-state index in [1.165, 1.54) is 11.1 Å². The van der Waals surface area contributed by atoms with Crippen LogP contribution in [0.1, 0.15) is 44.6 Å². The number of ether oxygens (including phenoxy) is 1. The highest BCUT2D eigenvalue weighted by molar-refractivity contribution is 5.76. The van der Waals surface area contributed by atoms with Crippen molar-refractivity contribution in [3.8, 4) is 5.75 Å². The summed E-state index contributed by atoms with van der Waals surface area (Å²) in [6.07, 6.45) is 1.02. The number of aryl methyl sites for hydroxylation is 1. The van der Waals surface area contributed by atoms with E-state index >= 15 is 0 Å². The second-order valence-corrected chi connectivity index (χ2v) is 6.30. The molecule has 0 radical (unpaired) electrons. The smallest absolute Gasteiger partial charge is 0.126 e. The van der Waals surface area contributed by atoms with Gasteiger partial charge < -0.3 is 14.6 Å². The topological polar surface area (TPSA) is 39.1 Å². The van der Waals surface area contributed by atoms with Crippen LogP contribution in [0.4, 0.5) is 0 Å². The lowest BCUT2D eigenvalue weighted by Crippen LogP contribution is -2.21. The molecule has 1 N–H and O–H groups in total. The largest absolute Gasteiger partial charge is 0.494 e. The lowest BCUT2D eigenvalue weighted by atomic mass is 10.2. The quantitative estimate of drug-likeness (QED) is 0.648. The molecule has 1 atom stereocenters. The first-order valence-corrected chi connectivity index (χ1v) is 9.13. The van der Waals surface area contributed by atoms with Crippen LogP contribution in [0.25, 0.3) is 11.0 Å². The van der Waals surface area contributed by atoms with E-state index in [2.05, 4.69) is 61.0 Å². The van der Waals surface area contributed by atoms with Crippen LogP contribution in [0, 0.1) is 0 Å². The number of nitrogens with one attached hydrogen (secondary N) is 1. The molecule has 0 aliphatic heterocycles. The normalized spacial score (nSPS) is 12.4. The first kappa shape index (κ1) is 17.5. The van der Waals surface area contributed by atoms with Crippen LogP contribution in [0.5, 0.6) is 5.75 Å². The fourth-order valence-electron chi connectivity index (χ4n) is 3.08. The third-order valence-corrected chi connectivity index (χ3v) is 4.37. The maximum absolute atomic E-state index is 5.72. The highest BCUT2D eigenvalue weighted by atomic mass is 16.5. The molecule has 2 aromatic carbocycles. The Labute approximate surface area is 149 Å². The van der Waals surface area contributed by atoms with Crippen LogP contribution in [0.15, 0.2) is 48.5 Å². The van der Waals surface area contributed by atoms with Gasteiger partial charge in [0.2, 0.25) is 0 Å². The van der Waals surface area contributed by atoms with Gasteiger partial charge in [0, 0.05) is 13.1 Å². The number of imidazole rings is 1. The summed E-state index contributed by atoms with van der Waals surface area (Å²) in [5.74, 6) is 2.02. The SMILES string of the molecule is CCCOc1cccc(CNC(C)c2nc3ccccc3n2CC)c1. The average molecular weight is 337 g/mol. The molecule has 3 rings (SSSR count). The molecule has 132 valence electrons. The molecule has 1 heterocycles. The summed E-state index contributed by atoms with van der Waals surface area (Å²) in [5, 5.41) is 3.60. The molecule has 0 aliphatic carbocycles. The number of hydrogen-bond donors (Lipinski definition) is 1. The van der Waals surface area contributed by atoms with Crippen molar-refractivity contribution < 1.29 is 4.74 Å². The number of nitrogens with zero attached hydrogens (tertiary/aromatic N) is 2. The van der Waals surface area contributed by atoms with E-state index in [1.807, 2.05) is 18.2 Å². The molecule has 0 fully saturated rings. The Bertz CT molecular complexity index is 825. The lowest BCUT2D eigenvalue weighted by molar-refractivity contribution is 0.317. The molecule has 0 aliphatic rings. The molecule has 4 nitrogen and oxygen atoms in total. The van der Waals surface area contributed by atoms with Crippen LogP contribution in [-0.2, 0) is 13.1 Å². The van der Waals surface area contributed by atoms with Gasteiger partial charge in [-0.1, -0.05) is 31.2 Å². The molecule has 0 bridgehead atoms. The van der Waals surface area contributed by atoms with E-state index in [0.29, 0.717) is 0 Å². The summed E-state index contributed by atoms with van der Waals surface area (Å²) >= 11 is 0. The first-order chi connectivity index (χ1) is 12.2. The molecular weight excluding hydrogens is 310 g/mol. The monoisotopic (exact) mass is 337 g/mol. The van der Waals surface area contributed by atoms with Crippen molar-refractivity contribution in [2.45, 2.75) is 46.3 Å². The van der Waals surface area contributed by atoms with Crippen molar-refractivity contribution in [2.75, 3.05) is 6.61 Å². The molecule has 4 heteroatoms. The third kappa shape index (κ3) is 4.02. The van der Waals surface area contributed by atoms with E-state index in [9.17, 15) is 0 Å². The van der Waals surface area contributed by atoms with Gasteiger partial charge in [0.1, 0.15) is 11.6 Å². The summed E-state index contributed by atoms with van der Waals surface area (Å²) < 4.78 is 8.00. The van der Waals surface area contributed by atoms with Crippen molar-refractivity contribution in [3.63, 3.8) is 0 Å². The fraction of sp³-hybridized carbons (Fsp3) is 0.381. The third-order valence-electron chi connectivity index (χ3n) is 4.37. The molecule has 25 heavy (non-hydrogen) atoms. The predicted octanol–water partition coefficient (Wildman–Crippen LogP) is 4.70. The maximum atomic E-state index is 5.72. The van der Waals surface area contributed by atoms with Gasteiger partial charge in [-0.3, -0.25) is 0 Å². The number of benzene rings is 2. The molecule has 3 aromatic rings. The summed E-state index contributed by atoms with van der Waals surface area (Å²) in [5.41, 5.74) is 3.48. The predicted molar refractivity (Wildman–Crippen MR) is 103 cm³/mol. The van der Waals surface area contributed by atoms with Gasteiger partial charge in [-0.15, -0.1) is 0 Å². The van der Waals surface area contributed by atoms with E-state index in [-0.39, 0.29) is 6.04 Å². The zero-order valence-corrected chi connectivity index (χ0v) is 15.3. The van der Waals surface area contributed by atoms with Gasteiger partial charge in [0.25, 0.3) is 0 Å². The number of para-hydroxylation sites is 2. The molecule has 1 aromatic heterocycles. The zero-order valence-electron chi connectivity index (χ0n) is 15.3. The van der Waals surface area contributed by atoms with Crippen molar-refractivity contribution in [3.05, 3.63) is 59.9 Å². The minimum atomic E-state index is 0.174. The fourth-order valence-corrected chi connectivity index (χ4v) is 3.08. The van der Waals surface area contributed by atoms with Crippen molar-refractivity contribution in [1.82, 2.24) is 14.9 Å². The van der Waals surface area contributed by atoms with Gasteiger partial charge in [-0.25, -0.2) is 4.98 Å². The maximum Gasteiger partial charge on any atom is 0.126 e. The molecule has 0 saturated carbocycles. The van der Waals surface area contributed by atoms with Crippen molar-refractivity contribution in [1.29, 1.82) is 0 Å². The van der Waals surface area contributed by atoms with E-state index < -0.39 is 0 Å². The Morgan fingerprint density at radius 3 is 2.76 bits per heavy atom. The first-order valence-electron chi connectivity index (χ1n) is 9.13. The summed E-state index contributed by atoms with van der Waals surface area (Å²) in [6.45, 7) is 8.92. The minimum Gasteiger partial charge on any atom is -0.494 e. The number of aromatic nitrogens is 2. The summed E-state index contributed by atoms with van der Waals surface area (Å²) in [7, 11) is 0. The van der Waals surface area contributed by atoms with E-state index in [1.54, 1.807) is 0 Å². The standard InChI is InChI=1S/C21H27N3O/c1-4-13-25-18-10-8-9-17(14-18)15-22-16(3)21-23-19-11-6-7-12-20(19)24(21)5-2/h6-12,14,16,22H,4-5,13,15H2,1-3H3. The van der Waals surface area contributed by atoms with Crippen LogP contribution in [0.3, 0.4) is 0 Å². The number of hydrogen-bond acceptors (Lipinski definition) is 3. The van der Waals surface area contributed by atoms with E-state index in [4.69, 9.17) is 9.72 Å². The van der Waals surface area contributed by atoms with Crippen LogP contribution in [-0.4, -0.2) is 16.2 Å². The lowest BCUT2D eigenvalue weighted by Gasteiger charge is -2.16. The average Bonchev–Trinajstić information content (AvgIpc) is 3.03. The Hall–Kier alpha value is -2.33. The summed E-state index contributed by atoms with van der Waals surface area (Å²) in [4.78, 5) is 4.83. The van der Waals surface area contributed by atoms with Crippen LogP contribution >= 0.6 is 0 Å². The second-order valence-electron chi connectivity index (χ2n) is 6.30. The van der Waals surface area contributed by atoms with E-state index in [0.717, 1.165) is 43.2 Å². The zero-order chi connectivity index (χ0) is 17.6. The Balaban J connectivity index is 1.71. The Kier molecular flexibility index (Phi) is 5.71. The number of rotatable bonds is 8. The Morgan fingerprint density at radius 2 is 1.96 bits per heavy atom. The van der Waals surface area contributed by atoms with Gasteiger partial charge >= 0.3 is 0 Å². The molecule has 0 spiro atoms. The van der Waals surface area contributed by atoms with Crippen LogP contribution in [0.2, 0.25) is 0 Å². The van der Waals surface area contributed by atoms with Gasteiger partial charge in [0.15, 0.2) is 0 Å². The highest BCUT2D eigenvalue weighted by Gasteiger charge is 2.15. The van der Waals surface area contributed by atoms with Gasteiger partial charge in [-0.05, 0) is 50.1 Å². The second kappa shape index (κ2) is 8.17. The number of fused-ring (bicyclic) bond motifs is 1. The summed E-state index contributed by atoms with van der Waals surface area (Å²) in [6, 6.07) is 16.8. The minimum absolute atomic E-state index is 0.174. The van der Waals surface area contributed by atoms with Crippen LogP contribution < -0.4 is 10.1 Å². The molecule has 0 saturated heterocycles. The van der Waals surface area contributed by atoms with Crippen molar-refractivity contribution in [2.24, 2.45) is 0 Å². The molecular formula is C21H27N3O. The highest BCUT2D eigenvalue weighted by Crippen LogP contribution is 2.21. The van der Waals surface area contributed by atoms with Gasteiger partial charge in [0.05, 0.1) is 23.7 Å². The van der Waals surface area contributed by atoms with Gasteiger partial charge in [-0.2, -0.15) is 0 Å².